The molecule has 1 aliphatic heterocycles. The lowest BCUT2D eigenvalue weighted by atomic mass is 9.46. The first-order valence-electron chi connectivity index (χ1n) is 16.7. The van der Waals surface area contributed by atoms with Gasteiger partial charge in [-0.3, -0.25) is 0 Å². The molecule has 4 bridgehead atoms. The minimum absolute atomic E-state index is 0.00204. The van der Waals surface area contributed by atoms with Gasteiger partial charge in [0.2, 0.25) is 11.8 Å². The second kappa shape index (κ2) is 11.9. The van der Waals surface area contributed by atoms with Crippen molar-refractivity contribution in [3.63, 3.8) is 0 Å². The minimum Gasteiger partial charge on any atom is -0.477 e. The summed E-state index contributed by atoms with van der Waals surface area (Å²) < 4.78 is 85.1. The van der Waals surface area contributed by atoms with E-state index in [0.717, 1.165) is 42.4 Å². The molecule has 1 unspecified atom stereocenters. The van der Waals surface area contributed by atoms with Crippen LogP contribution in [0.3, 0.4) is 0 Å². The van der Waals surface area contributed by atoms with Crippen molar-refractivity contribution in [1.82, 2.24) is 15.3 Å². The third kappa shape index (κ3) is 6.12. The van der Waals surface area contributed by atoms with Crippen LogP contribution in [0.25, 0.3) is 11.3 Å². The predicted octanol–water partition coefficient (Wildman–Crippen LogP) is 7.61. The molecule has 1 aromatic heterocycles. The molecule has 262 valence electrons. The fourth-order valence-electron chi connectivity index (χ4n) is 8.80. The van der Waals surface area contributed by atoms with E-state index in [0.29, 0.717) is 16.8 Å². The summed E-state index contributed by atoms with van der Waals surface area (Å²) >= 11 is 0. The van der Waals surface area contributed by atoms with Crippen LogP contribution in [0, 0.1) is 43.4 Å². The molecule has 3 saturated carbocycles. The Morgan fingerprint density at radius 3 is 2.35 bits per heavy atom. The minimum atomic E-state index is -4.37. The second-order valence-corrected chi connectivity index (χ2v) is 16.4. The number of hydrogen-bond donors (Lipinski definition) is 2. The highest BCUT2D eigenvalue weighted by molar-refractivity contribution is 7.92. The fraction of sp³-hybridized carbons (Fsp3) is 0.528. The first-order chi connectivity index (χ1) is 23.1. The van der Waals surface area contributed by atoms with Gasteiger partial charge in [-0.2, -0.15) is 18.2 Å². The van der Waals surface area contributed by atoms with Gasteiger partial charge in [-0.05, 0) is 112 Å². The van der Waals surface area contributed by atoms with Crippen molar-refractivity contribution < 1.29 is 35.9 Å². The van der Waals surface area contributed by atoms with Crippen LogP contribution in [0.4, 0.5) is 23.9 Å². The van der Waals surface area contributed by atoms with Crippen LogP contribution in [-0.4, -0.2) is 50.4 Å². The summed E-state index contributed by atoms with van der Waals surface area (Å²) in [5, 5.41) is 2.85. The molecule has 2 atom stereocenters. The quantitative estimate of drug-likeness (QED) is 0.282. The molecule has 7 rings (SSSR count). The zero-order valence-corrected chi connectivity index (χ0v) is 28.8. The number of amides is 1. The fourth-order valence-corrected chi connectivity index (χ4v) is 9.79. The SMILES string of the molecule is COC(=O)N[C@H]1CC2(C1)C[C@H](C1c3cccc(c3)S(=O)(=O)Nc3nc(c(C)c(-c4c(C)cccc4C)n3)OC[C@H]1CC1(C(F)(F)F)CC1)C2. The number of alkyl halides is 3. The number of aryl methyl sites for hydroxylation is 2. The lowest BCUT2D eigenvalue weighted by molar-refractivity contribution is -0.194. The van der Waals surface area contributed by atoms with Crippen LogP contribution in [0.15, 0.2) is 47.4 Å². The Kier molecular flexibility index (Phi) is 8.15. The molecule has 9 nitrogen and oxygen atoms in total. The standard InChI is InChI=1S/C36H41F3N4O5S/c1-20-7-5-8-21(2)28(20)30-22(3)31-42-32(41-30)43-49(45,46)27-10-6-9-23(13-27)29(25(19-48-31)16-35(11-12-35)36(37,38)39)24-14-34(15-24)17-26(18-34)40-33(44)47-4/h5-10,13,24-26,29H,11-12,14-19H2,1-4H3,(H,40,44)(H,41,42,43)/t24-,25-,26-,29?,34?/m1/s1. The summed E-state index contributed by atoms with van der Waals surface area (Å²) in [5.41, 5.74) is 2.58. The van der Waals surface area contributed by atoms with Crippen molar-refractivity contribution in [3.05, 3.63) is 64.7 Å². The number of carbonyl (C=O) groups excluding carboxylic acids is 1. The Balaban J connectivity index is 1.30. The summed E-state index contributed by atoms with van der Waals surface area (Å²) in [6.07, 6.45) is -1.82. The Hall–Kier alpha value is -3.87. The first kappa shape index (κ1) is 33.6. The van der Waals surface area contributed by atoms with Crippen molar-refractivity contribution in [2.24, 2.45) is 22.7 Å². The smallest absolute Gasteiger partial charge is 0.407 e. The number of fused-ring (bicyclic) bond motifs is 4. The summed E-state index contributed by atoms with van der Waals surface area (Å²) in [4.78, 5) is 20.9. The molecular formula is C36H41F3N4O5S. The number of carbonyl (C=O) groups is 1. The van der Waals surface area contributed by atoms with Gasteiger partial charge in [0.25, 0.3) is 10.0 Å². The second-order valence-electron chi connectivity index (χ2n) is 14.8. The van der Waals surface area contributed by atoms with Crippen LogP contribution >= 0.6 is 0 Å². The van der Waals surface area contributed by atoms with Gasteiger partial charge in [-0.25, -0.2) is 22.9 Å². The number of nitrogens with zero attached hydrogens (tertiary/aromatic N) is 2. The number of ether oxygens (including phenoxy) is 2. The van der Waals surface area contributed by atoms with E-state index >= 15 is 0 Å². The molecule has 3 fully saturated rings. The zero-order valence-electron chi connectivity index (χ0n) is 28.0. The topological polar surface area (TPSA) is 120 Å². The van der Waals surface area contributed by atoms with Crippen LogP contribution in [0.5, 0.6) is 5.88 Å². The lowest BCUT2D eigenvalue weighted by Crippen LogP contribution is -2.57. The van der Waals surface area contributed by atoms with Crippen LogP contribution in [0.1, 0.15) is 73.1 Å². The van der Waals surface area contributed by atoms with Crippen molar-refractivity contribution in [1.29, 1.82) is 0 Å². The Morgan fingerprint density at radius 2 is 1.71 bits per heavy atom. The number of anilines is 1. The third-order valence-corrected chi connectivity index (χ3v) is 12.7. The Bertz CT molecular complexity index is 1880. The maximum atomic E-state index is 14.6. The predicted molar refractivity (Wildman–Crippen MR) is 177 cm³/mol. The van der Waals surface area contributed by atoms with Crippen molar-refractivity contribution in [2.45, 2.75) is 88.7 Å². The van der Waals surface area contributed by atoms with E-state index < -0.39 is 39.5 Å². The van der Waals surface area contributed by atoms with Crippen LogP contribution < -0.4 is 14.8 Å². The maximum absolute atomic E-state index is 14.6. The number of nitrogens with one attached hydrogen (secondary N) is 2. The highest BCUT2D eigenvalue weighted by atomic mass is 32.2. The van der Waals surface area contributed by atoms with E-state index in [1.54, 1.807) is 19.1 Å². The van der Waals surface area contributed by atoms with Gasteiger partial charge in [0, 0.05) is 23.1 Å². The third-order valence-electron chi connectivity index (χ3n) is 11.4. The Morgan fingerprint density at radius 1 is 1.04 bits per heavy atom. The van der Waals surface area contributed by atoms with Gasteiger partial charge >= 0.3 is 12.3 Å². The van der Waals surface area contributed by atoms with E-state index in [4.69, 9.17) is 9.47 Å². The summed E-state index contributed by atoms with van der Waals surface area (Å²) in [5.74, 6) is -1.02. The molecule has 1 amide bonds. The molecule has 2 N–H and O–H groups in total. The molecular weight excluding hydrogens is 657 g/mol. The molecule has 1 spiro atoms. The van der Waals surface area contributed by atoms with Gasteiger partial charge in [0.1, 0.15) is 0 Å². The van der Waals surface area contributed by atoms with E-state index in [1.807, 2.05) is 38.1 Å². The van der Waals surface area contributed by atoms with Crippen LogP contribution in [0.2, 0.25) is 0 Å². The molecule has 49 heavy (non-hydrogen) atoms. The number of rotatable bonds is 5. The number of aromatic nitrogens is 2. The van der Waals surface area contributed by atoms with Gasteiger partial charge in [-0.1, -0.05) is 30.3 Å². The normalized spacial score (nSPS) is 28.0. The molecule has 0 radical (unpaired) electrons. The highest BCUT2D eigenvalue weighted by Crippen LogP contribution is 2.66. The number of methoxy groups -OCH3 is 1. The van der Waals surface area contributed by atoms with Gasteiger partial charge in [0.05, 0.1) is 29.7 Å². The molecule has 3 aromatic rings. The number of alkyl carbamates (subject to hydrolysis) is 1. The number of halogens is 3. The van der Waals surface area contributed by atoms with E-state index in [1.165, 1.54) is 13.2 Å². The molecule has 2 heterocycles. The Labute approximate surface area is 284 Å². The monoisotopic (exact) mass is 698 g/mol. The molecule has 3 aliphatic carbocycles. The summed E-state index contributed by atoms with van der Waals surface area (Å²) in [6, 6.07) is 12.3. The van der Waals surface area contributed by atoms with Crippen molar-refractivity contribution in [3.8, 4) is 17.1 Å². The molecule has 4 aliphatic rings. The summed E-state index contributed by atoms with van der Waals surface area (Å²) in [7, 11) is -2.86. The van der Waals surface area contributed by atoms with Crippen molar-refractivity contribution >= 4 is 22.1 Å². The van der Waals surface area contributed by atoms with Gasteiger partial charge in [-0.15, -0.1) is 0 Å². The average Bonchev–Trinajstić information content (AvgIpc) is 3.79. The van der Waals surface area contributed by atoms with E-state index in [9.17, 15) is 26.4 Å². The molecule has 2 aromatic carbocycles. The van der Waals surface area contributed by atoms with E-state index in [-0.39, 0.29) is 60.0 Å². The lowest BCUT2D eigenvalue weighted by Gasteiger charge is -2.60. The number of sulfonamides is 1. The molecule has 13 heteroatoms. The number of benzene rings is 2. The first-order valence-corrected chi connectivity index (χ1v) is 18.2. The molecule has 0 saturated heterocycles. The van der Waals surface area contributed by atoms with Gasteiger partial charge in [0.15, 0.2) is 0 Å². The van der Waals surface area contributed by atoms with E-state index in [2.05, 4.69) is 20.0 Å². The average molecular weight is 699 g/mol. The van der Waals surface area contributed by atoms with Crippen molar-refractivity contribution in [2.75, 3.05) is 18.4 Å². The highest BCUT2D eigenvalue weighted by Gasteiger charge is 2.64. The number of hydrogen-bond acceptors (Lipinski definition) is 7. The largest absolute Gasteiger partial charge is 0.477 e. The van der Waals surface area contributed by atoms with Crippen LogP contribution in [-0.2, 0) is 14.8 Å². The zero-order chi connectivity index (χ0) is 34.9. The maximum Gasteiger partial charge on any atom is 0.407 e. The van der Waals surface area contributed by atoms with Gasteiger partial charge < -0.3 is 14.8 Å². The summed E-state index contributed by atoms with van der Waals surface area (Å²) in [6.45, 7) is 5.64.